The van der Waals surface area contributed by atoms with Crippen LogP contribution in [0.1, 0.15) is 15.9 Å². The molecule has 2 aromatic rings. The maximum Gasteiger partial charge on any atom is 0.256 e. The first-order valence-electron chi connectivity index (χ1n) is 7.71. The van der Waals surface area contributed by atoms with Crippen molar-refractivity contribution in [2.75, 3.05) is 36.8 Å². The van der Waals surface area contributed by atoms with Crippen LogP contribution in [0.4, 0.5) is 15.8 Å². The summed E-state index contributed by atoms with van der Waals surface area (Å²) >= 11 is 0. The molecule has 1 fully saturated rings. The van der Waals surface area contributed by atoms with Crippen LogP contribution in [0.25, 0.3) is 0 Å². The molecule has 1 amide bonds. The van der Waals surface area contributed by atoms with Gasteiger partial charge in [0.15, 0.2) is 0 Å². The van der Waals surface area contributed by atoms with Gasteiger partial charge < -0.3 is 15.5 Å². The zero-order valence-electron chi connectivity index (χ0n) is 13.1. The van der Waals surface area contributed by atoms with Gasteiger partial charge in [-0.25, -0.2) is 4.39 Å². The van der Waals surface area contributed by atoms with Crippen molar-refractivity contribution >= 4 is 17.3 Å². The second-order valence-electron chi connectivity index (χ2n) is 5.82. The maximum atomic E-state index is 13.5. The number of nitrogens with two attached hydrogens (primary N) is 1. The van der Waals surface area contributed by atoms with Crippen molar-refractivity contribution in [3.8, 4) is 0 Å². The van der Waals surface area contributed by atoms with Gasteiger partial charge in [0.1, 0.15) is 5.82 Å². The van der Waals surface area contributed by atoms with Crippen molar-refractivity contribution in [2.24, 2.45) is 0 Å². The SMILES string of the molecule is Cc1cccc(N2CCN(C(=O)c3cccc(F)c3N)CC2)c1. The molecular weight excluding hydrogens is 293 g/mol. The van der Waals surface area contributed by atoms with E-state index < -0.39 is 5.82 Å². The Morgan fingerprint density at radius 2 is 1.78 bits per heavy atom. The molecule has 1 heterocycles. The summed E-state index contributed by atoms with van der Waals surface area (Å²) in [5.74, 6) is -0.750. The minimum atomic E-state index is -0.547. The fourth-order valence-corrected chi connectivity index (χ4v) is 2.89. The van der Waals surface area contributed by atoms with E-state index in [1.807, 2.05) is 6.07 Å². The molecule has 2 N–H and O–H groups in total. The molecule has 0 radical (unpaired) electrons. The number of hydrogen-bond acceptors (Lipinski definition) is 3. The Morgan fingerprint density at radius 3 is 2.48 bits per heavy atom. The zero-order chi connectivity index (χ0) is 16.4. The van der Waals surface area contributed by atoms with Crippen LogP contribution < -0.4 is 10.6 Å². The minimum absolute atomic E-state index is 0.0707. The Labute approximate surface area is 135 Å². The van der Waals surface area contributed by atoms with Crippen molar-refractivity contribution < 1.29 is 9.18 Å². The highest BCUT2D eigenvalue weighted by molar-refractivity contribution is 5.99. The number of nitrogens with zero attached hydrogens (tertiary/aromatic N) is 2. The van der Waals surface area contributed by atoms with E-state index in [9.17, 15) is 9.18 Å². The molecule has 0 spiro atoms. The van der Waals surface area contributed by atoms with E-state index in [4.69, 9.17) is 5.73 Å². The number of piperazine rings is 1. The van der Waals surface area contributed by atoms with Gasteiger partial charge in [-0.1, -0.05) is 18.2 Å². The van der Waals surface area contributed by atoms with E-state index in [1.54, 1.807) is 11.0 Å². The average Bonchev–Trinajstić information content (AvgIpc) is 2.57. The van der Waals surface area contributed by atoms with Gasteiger partial charge in [0.2, 0.25) is 0 Å². The number of halogens is 1. The highest BCUT2D eigenvalue weighted by Gasteiger charge is 2.24. The molecule has 4 nitrogen and oxygen atoms in total. The Balaban J connectivity index is 1.69. The highest BCUT2D eigenvalue weighted by Crippen LogP contribution is 2.21. The molecule has 1 saturated heterocycles. The molecule has 0 aliphatic carbocycles. The van der Waals surface area contributed by atoms with Gasteiger partial charge in [-0.15, -0.1) is 0 Å². The number of benzene rings is 2. The van der Waals surface area contributed by atoms with E-state index in [0.29, 0.717) is 13.1 Å². The Kier molecular flexibility index (Phi) is 4.19. The highest BCUT2D eigenvalue weighted by atomic mass is 19.1. The van der Waals surface area contributed by atoms with Gasteiger partial charge in [-0.2, -0.15) is 0 Å². The zero-order valence-corrected chi connectivity index (χ0v) is 13.1. The summed E-state index contributed by atoms with van der Waals surface area (Å²) in [7, 11) is 0. The monoisotopic (exact) mass is 313 g/mol. The van der Waals surface area contributed by atoms with Gasteiger partial charge >= 0.3 is 0 Å². The van der Waals surface area contributed by atoms with Crippen LogP contribution >= 0.6 is 0 Å². The molecule has 120 valence electrons. The topological polar surface area (TPSA) is 49.6 Å². The summed E-state index contributed by atoms with van der Waals surface area (Å²) in [5, 5.41) is 0. The molecule has 1 aliphatic heterocycles. The van der Waals surface area contributed by atoms with Crippen LogP contribution in [0.5, 0.6) is 0 Å². The quantitative estimate of drug-likeness (QED) is 0.867. The molecule has 2 aromatic carbocycles. The van der Waals surface area contributed by atoms with Crippen LogP contribution in [-0.4, -0.2) is 37.0 Å². The van der Waals surface area contributed by atoms with E-state index in [0.717, 1.165) is 13.1 Å². The molecule has 0 bridgehead atoms. The third-order valence-electron chi connectivity index (χ3n) is 4.22. The summed E-state index contributed by atoms with van der Waals surface area (Å²) < 4.78 is 13.5. The van der Waals surface area contributed by atoms with E-state index in [-0.39, 0.29) is 17.2 Å². The average molecular weight is 313 g/mol. The van der Waals surface area contributed by atoms with Crippen molar-refractivity contribution in [2.45, 2.75) is 6.92 Å². The molecule has 0 aromatic heterocycles. The fourth-order valence-electron chi connectivity index (χ4n) is 2.89. The summed E-state index contributed by atoms with van der Waals surface area (Å²) in [6, 6.07) is 12.7. The molecular formula is C18H20FN3O. The lowest BCUT2D eigenvalue weighted by Gasteiger charge is -2.36. The number of hydrogen-bond donors (Lipinski definition) is 1. The number of carbonyl (C=O) groups excluding carboxylic acids is 1. The Hall–Kier alpha value is -2.56. The largest absolute Gasteiger partial charge is 0.396 e. The van der Waals surface area contributed by atoms with Crippen molar-refractivity contribution in [3.63, 3.8) is 0 Å². The molecule has 1 aliphatic rings. The van der Waals surface area contributed by atoms with E-state index in [2.05, 4.69) is 30.0 Å². The fraction of sp³-hybridized carbons (Fsp3) is 0.278. The van der Waals surface area contributed by atoms with E-state index >= 15 is 0 Å². The second-order valence-corrected chi connectivity index (χ2v) is 5.82. The van der Waals surface area contributed by atoms with Crippen LogP contribution in [0.15, 0.2) is 42.5 Å². The summed E-state index contributed by atoms with van der Waals surface area (Å²) in [5.41, 5.74) is 8.25. The van der Waals surface area contributed by atoms with Crippen molar-refractivity contribution in [3.05, 3.63) is 59.4 Å². The normalized spacial score (nSPS) is 14.9. The number of carbonyl (C=O) groups is 1. The van der Waals surface area contributed by atoms with Crippen molar-refractivity contribution in [1.29, 1.82) is 0 Å². The van der Waals surface area contributed by atoms with Gasteiger partial charge in [0, 0.05) is 31.9 Å². The second kappa shape index (κ2) is 6.28. The van der Waals surface area contributed by atoms with Gasteiger partial charge in [-0.3, -0.25) is 4.79 Å². The molecule has 3 rings (SSSR count). The first-order valence-corrected chi connectivity index (χ1v) is 7.71. The molecule has 0 atom stereocenters. The maximum absolute atomic E-state index is 13.5. The lowest BCUT2D eigenvalue weighted by atomic mass is 10.1. The van der Waals surface area contributed by atoms with Gasteiger partial charge in [0.05, 0.1) is 11.3 Å². The van der Waals surface area contributed by atoms with Crippen LogP contribution in [0, 0.1) is 12.7 Å². The number of amides is 1. The third kappa shape index (κ3) is 3.13. The number of nitrogen functional groups attached to an aromatic ring is 1. The summed E-state index contributed by atoms with van der Waals surface area (Å²) in [6.07, 6.45) is 0. The smallest absolute Gasteiger partial charge is 0.256 e. The predicted molar refractivity (Wildman–Crippen MR) is 90.1 cm³/mol. The standard InChI is InChI=1S/C18H20FN3O/c1-13-4-2-5-14(12-13)21-8-10-22(11-9-21)18(23)15-6-3-7-16(19)17(15)20/h2-7,12H,8-11,20H2,1H3. The number of aryl methyl sites for hydroxylation is 1. The molecule has 23 heavy (non-hydrogen) atoms. The number of anilines is 2. The van der Waals surface area contributed by atoms with E-state index in [1.165, 1.54) is 23.4 Å². The lowest BCUT2D eigenvalue weighted by molar-refractivity contribution is 0.0747. The van der Waals surface area contributed by atoms with Crippen molar-refractivity contribution in [1.82, 2.24) is 4.90 Å². The van der Waals surface area contributed by atoms with Crippen LogP contribution in [0.2, 0.25) is 0 Å². The third-order valence-corrected chi connectivity index (χ3v) is 4.22. The molecule has 0 unspecified atom stereocenters. The minimum Gasteiger partial charge on any atom is -0.396 e. The Morgan fingerprint density at radius 1 is 1.09 bits per heavy atom. The summed E-state index contributed by atoms with van der Waals surface area (Å²) in [6.45, 7) is 4.77. The van der Waals surface area contributed by atoms with Gasteiger partial charge in [-0.05, 0) is 36.8 Å². The molecule has 5 heteroatoms. The Bertz CT molecular complexity index is 724. The first-order chi connectivity index (χ1) is 11.1. The lowest BCUT2D eigenvalue weighted by Crippen LogP contribution is -2.49. The first kappa shape index (κ1) is 15.3. The van der Waals surface area contributed by atoms with Crippen LogP contribution in [0.3, 0.4) is 0 Å². The van der Waals surface area contributed by atoms with Crippen LogP contribution in [-0.2, 0) is 0 Å². The number of para-hydroxylation sites is 1. The summed E-state index contributed by atoms with van der Waals surface area (Å²) in [4.78, 5) is 16.5. The number of rotatable bonds is 2. The predicted octanol–water partition coefficient (Wildman–Crippen LogP) is 2.68. The molecule has 0 saturated carbocycles. The van der Waals surface area contributed by atoms with Gasteiger partial charge in [0.25, 0.3) is 5.91 Å².